The fourth-order valence-corrected chi connectivity index (χ4v) is 1.89. The summed E-state index contributed by atoms with van der Waals surface area (Å²) in [6, 6.07) is 0. The van der Waals surface area contributed by atoms with Gasteiger partial charge in [-0.2, -0.15) is 0 Å². The third kappa shape index (κ3) is 12.7. The Morgan fingerprint density at radius 3 is 2.14 bits per heavy atom. The summed E-state index contributed by atoms with van der Waals surface area (Å²) < 4.78 is 0. The molecule has 0 bridgehead atoms. The number of hydrogen-bond acceptors (Lipinski definition) is 2. The van der Waals surface area contributed by atoms with E-state index >= 15 is 0 Å². The molecular weight excluding hydrogens is 300 g/mol. The van der Waals surface area contributed by atoms with Gasteiger partial charge in [-0.1, -0.05) is 40.7 Å². The van der Waals surface area contributed by atoms with Gasteiger partial charge in [0.1, 0.15) is 5.88 Å². The molecule has 0 atom stereocenters. The number of rotatable bonds is 9. The molecule has 5 heteroatoms. The van der Waals surface area contributed by atoms with Crippen molar-refractivity contribution in [3.63, 3.8) is 0 Å². The lowest BCUT2D eigenvalue weighted by molar-refractivity contribution is -0.119. The van der Waals surface area contributed by atoms with Crippen LogP contribution >= 0.6 is 11.6 Å². The molecule has 0 saturated heterocycles. The Kier molecular flexibility index (Phi) is 9.42. The van der Waals surface area contributed by atoms with Crippen LogP contribution in [0.2, 0.25) is 0 Å². The van der Waals surface area contributed by atoms with Crippen molar-refractivity contribution in [2.45, 2.75) is 53.9 Å². The van der Waals surface area contributed by atoms with E-state index in [2.05, 4.69) is 45.3 Å². The molecule has 0 aromatic heterocycles. The van der Waals surface area contributed by atoms with Gasteiger partial charge < -0.3 is 10.6 Å². The number of carbonyl (C=O) groups excluding carboxylic acids is 2. The van der Waals surface area contributed by atoms with E-state index in [-0.39, 0.29) is 28.5 Å². The molecule has 0 unspecified atom stereocenters. The SMILES string of the molecule is CC(C)(C)CCNC(=O)/C=C\CC(C)(C)CCNC(=O)CCl. The molecule has 0 aliphatic heterocycles. The molecule has 0 aromatic carbocycles. The van der Waals surface area contributed by atoms with E-state index in [1.165, 1.54) is 0 Å². The first-order valence-electron chi connectivity index (χ1n) is 7.83. The van der Waals surface area contributed by atoms with Crippen LogP contribution in [0.5, 0.6) is 0 Å². The lowest BCUT2D eigenvalue weighted by Crippen LogP contribution is -2.28. The number of amides is 2. The monoisotopic (exact) mass is 330 g/mol. The third-order valence-electron chi connectivity index (χ3n) is 3.36. The lowest BCUT2D eigenvalue weighted by Gasteiger charge is -2.22. The van der Waals surface area contributed by atoms with Crippen LogP contribution in [-0.2, 0) is 9.59 Å². The summed E-state index contributed by atoms with van der Waals surface area (Å²) in [6.07, 6.45) is 6.08. The third-order valence-corrected chi connectivity index (χ3v) is 3.60. The van der Waals surface area contributed by atoms with Gasteiger partial charge in [-0.15, -0.1) is 11.6 Å². The van der Waals surface area contributed by atoms with Crippen molar-refractivity contribution in [3.05, 3.63) is 12.2 Å². The van der Waals surface area contributed by atoms with Gasteiger partial charge in [-0.05, 0) is 36.2 Å². The number of halogens is 1. The summed E-state index contributed by atoms with van der Waals surface area (Å²) in [7, 11) is 0. The second kappa shape index (κ2) is 9.88. The molecule has 2 N–H and O–H groups in total. The Morgan fingerprint density at radius 2 is 1.59 bits per heavy atom. The Morgan fingerprint density at radius 1 is 1.00 bits per heavy atom. The minimum absolute atomic E-state index is 0.00489. The molecule has 0 heterocycles. The fourth-order valence-electron chi connectivity index (χ4n) is 1.79. The standard InChI is InChI=1S/C17H31ClN2O2/c1-16(2,3)9-11-19-14(21)7-6-8-17(4,5)10-12-20-15(22)13-18/h6-7H,8-13H2,1-5H3,(H,19,21)(H,20,22)/b7-6-. The molecule has 4 nitrogen and oxygen atoms in total. The van der Waals surface area contributed by atoms with Crippen LogP contribution in [0.15, 0.2) is 12.2 Å². The average Bonchev–Trinajstić information content (AvgIpc) is 2.36. The number of hydrogen-bond donors (Lipinski definition) is 2. The van der Waals surface area contributed by atoms with Crippen molar-refractivity contribution < 1.29 is 9.59 Å². The van der Waals surface area contributed by atoms with Crippen LogP contribution in [0.25, 0.3) is 0 Å². The summed E-state index contributed by atoms with van der Waals surface area (Å²) in [5.41, 5.74) is 0.258. The highest BCUT2D eigenvalue weighted by Crippen LogP contribution is 2.24. The predicted molar refractivity (Wildman–Crippen MR) is 93.0 cm³/mol. The normalized spacial score (nSPS) is 12.5. The van der Waals surface area contributed by atoms with E-state index in [1.807, 2.05) is 6.08 Å². The highest BCUT2D eigenvalue weighted by molar-refractivity contribution is 6.27. The number of nitrogens with one attached hydrogen (secondary N) is 2. The molecule has 128 valence electrons. The Labute approximate surface area is 140 Å². The lowest BCUT2D eigenvalue weighted by atomic mass is 9.85. The maximum Gasteiger partial charge on any atom is 0.243 e. The number of alkyl halides is 1. The second-order valence-corrected chi connectivity index (χ2v) is 7.87. The van der Waals surface area contributed by atoms with E-state index in [1.54, 1.807) is 6.08 Å². The first-order chi connectivity index (χ1) is 10.1. The minimum Gasteiger partial charge on any atom is -0.355 e. The number of allylic oxidation sites excluding steroid dienone is 1. The molecule has 0 spiro atoms. The van der Waals surface area contributed by atoms with Gasteiger partial charge in [0.05, 0.1) is 0 Å². The van der Waals surface area contributed by atoms with Crippen molar-refractivity contribution in [1.82, 2.24) is 10.6 Å². The first kappa shape index (κ1) is 21.0. The zero-order valence-corrected chi connectivity index (χ0v) is 15.3. The van der Waals surface area contributed by atoms with Crippen molar-refractivity contribution in [2.24, 2.45) is 10.8 Å². The van der Waals surface area contributed by atoms with E-state index in [9.17, 15) is 9.59 Å². The molecule has 0 aliphatic carbocycles. The van der Waals surface area contributed by atoms with Crippen molar-refractivity contribution in [3.8, 4) is 0 Å². The van der Waals surface area contributed by atoms with E-state index in [0.717, 1.165) is 19.3 Å². The van der Waals surface area contributed by atoms with Crippen molar-refractivity contribution in [1.29, 1.82) is 0 Å². The zero-order chi connectivity index (χ0) is 17.2. The molecule has 0 fully saturated rings. The summed E-state index contributed by atoms with van der Waals surface area (Å²) in [5, 5.41) is 5.65. The van der Waals surface area contributed by atoms with Gasteiger partial charge in [-0.25, -0.2) is 0 Å². The predicted octanol–water partition coefficient (Wildman–Crippen LogP) is 3.26. The first-order valence-corrected chi connectivity index (χ1v) is 8.36. The maximum absolute atomic E-state index is 11.7. The smallest absolute Gasteiger partial charge is 0.243 e. The van der Waals surface area contributed by atoms with E-state index in [0.29, 0.717) is 13.1 Å². The molecule has 22 heavy (non-hydrogen) atoms. The van der Waals surface area contributed by atoms with Gasteiger partial charge in [0, 0.05) is 13.1 Å². The van der Waals surface area contributed by atoms with Crippen LogP contribution in [0, 0.1) is 10.8 Å². The molecule has 0 aliphatic rings. The highest BCUT2D eigenvalue weighted by Gasteiger charge is 2.16. The summed E-state index contributed by atoms with van der Waals surface area (Å²) in [4.78, 5) is 22.7. The van der Waals surface area contributed by atoms with Crippen LogP contribution < -0.4 is 10.6 Å². The van der Waals surface area contributed by atoms with Gasteiger partial charge in [-0.3, -0.25) is 9.59 Å². The molecule has 0 aromatic rings. The van der Waals surface area contributed by atoms with Gasteiger partial charge in [0.15, 0.2) is 0 Å². The average molecular weight is 331 g/mol. The molecule has 0 radical (unpaired) electrons. The quantitative estimate of drug-likeness (QED) is 0.503. The Balaban J connectivity index is 3.97. The molecule has 0 saturated carbocycles. The maximum atomic E-state index is 11.7. The van der Waals surface area contributed by atoms with E-state index in [4.69, 9.17) is 11.6 Å². The number of carbonyl (C=O) groups is 2. The van der Waals surface area contributed by atoms with Gasteiger partial charge in [0.25, 0.3) is 0 Å². The van der Waals surface area contributed by atoms with Crippen molar-refractivity contribution >= 4 is 23.4 Å². The van der Waals surface area contributed by atoms with Crippen LogP contribution in [0.3, 0.4) is 0 Å². The highest BCUT2D eigenvalue weighted by atomic mass is 35.5. The van der Waals surface area contributed by atoms with Crippen molar-refractivity contribution in [2.75, 3.05) is 19.0 Å². The summed E-state index contributed by atoms with van der Waals surface area (Å²) in [5.74, 6) is -0.198. The molecule has 0 rings (SSSR count). The van der Waals surface area contributed by atoms with Crippen LogP contribution in [-0.4, -0.2) is 30.8 Å². The van der Waals surface area contributed by atoms with E-state index < -0.39 is 0 Å². The fraction of sp³-hybridized carbons (Fsp3) is 0.765. The topological polar surface area (TPSA) is 58.2 Å². The summed E-state index contributed by atoms with van der Waals surface area (Å²) in [6.45, 7) is 12.0. The largest absolute Gasteiger partial charge is 0.355 e. The Hall–Kier alpha value is -1.03. The van der Waals surface area contributed by atoms with Crippen LogP contribution in [0.1, 0.15) is 53.9 Å². The Bertz CT molecular complexity index is 385. The van der Waals surface area contributed by atoms with Crippen LogP contribution in [0.4, 0.5) is 0 Å². The minimum atomic E-state index is -0.147. The zero-order valence-electron chi connectivity index (χ0n) is 14.6. The van der Waals surface area contributed by atoms with Gasteiger partial charge >= 0.3 is 0 Å². The second-order valence-electron chi connectivity index (χ2n) is 7.61. The van der Waals surface area contributed by atoms with Gasteiger partial charge in [0.2, 0.25) is 11.8 Å². The summed E-state index contributed by atoms with van der Waals surface area (Å²) >= 11 is 5.42. The molecule has 2 amide bonds. The molecular formula is C17H31ClN2O2.